The van der Waals surface area contributed by atoms with Gasteiger partial charge in [-0.3, -0.25) is 5.10 Å². The molecule has 8 heteroatoms. The van der Waals surface area contributed by atoms with Crippen LogP contribution in [0.15, 0.2) is 24.5 Å². The molecule has 2 aromatic rings. The maximum Gasteiger partial charge on any atom is 0.319 e. The molecule has 0 atom stereocenters. The third-order valence-electron chi connectivity index (χ3n) is 4.18. The molecule has 1 aliphatic rings. The van der Waals surface area contributed by atoms with Crippen LogP contribution in [0, 0.1) is 6.92 Å². The van der Waals surface area contributed by atoms with Crippen LogP contribution >= 0.6 is 0 Å². The summed E-state index contributed by atoms with van der Waals surface area (Å²) < 4.78 is 5.33. The summed E-state index contributed by atoms with van der Waals surface area (Å²) in [6.07, 6.45) is 5.26. The van der Waals surface area contributed by atoms with E-state index < -0.39 is 0 Å². The van der Waals surface area contributed by atoms with Crippen LogP contribution in [-0.4, -0.2) is 54.1 Å². The molecule has 1 fully saturated rings. The Morgan fingerprint density at radius 1 is 1.32 bits per heavy atom. The van der Waals surface area contributed by atoms with E-state index in [1.165, 1.54) is 5.56 Å². The molecular weight excluding hydrogens is 320 g/mol. The minimum atomic E-state index is -0.218. The molecule has 0 spiro atoms. The molecule has 0 aromatic carbocycles. The van der Waals surface area contributed by atoms with Gasteiger partial charge in [0.1, 0.15) is 5.82 Å². The molecule has 0 saturated carbocycles. The molecule has 3 N–H and O–H groups in total. The van der Waals surface area contributed by atoms with Gasteiger partial charge in [-0.05, 0) is 37.5 Å². The van der Waals surface area contributed by atoms with Crippen molar-refractivity contribution in [2.45, 2.75) is 19.8 Å². The van der Waals surface area contributed by atoms with Gasteiger partial charge in [-0.2, -0.15) is 5.10 Å². The number of rotatable bonds is 6. The summed E-state index contributed by atoms with van der Waals surface area (Å²) >= 11 is 0. The van der Waals surface area contributed by atoms with Gasteiger partial charge in [0.15, 0.2) is 0 Å². The standard InChI is InChI=1S/C17H24N6O2/c1-13-14(11-20-22-13)3-2-6-18-17(24)21-15-4-5-16(19-12-15)23-7-9-25-10-8-23/h4-5,11-12H,2-3,6-10H2,1H3,(H,20,22)(H2,18,21,24). The SMILES string of the molecule is Cc1[nH]ncc1CCCNC(=O)Nc1ccc(N2CCOCC2)nc1. The number of aryl methyl sites for hydroxylation is 2. The smallest absolute Gasteiger partial charge is 0.319 e. The number of carbonyl (C=O) groups excluding carboxylic acids is 1. The van der Waals surface area contributed by atoms with Crippen molar-refractivity contribution in [1.82, 2.24) is 20.5 Å². The number of aromatic nitrogens is 3. The second-order valence-corrected chi connectivity index (χ2v) is 6.01. The third kappa shape index (κ3) is 4.93. The number of carbonyl (C=O) groups is 1. The number of nitrogens with one attached hydrogen (secondary N) is 3. The Morgan fingerprint density at radius 2 is 2.16 bits per heavy atom. The summed E-state index contributed by atoms with van der Waals surface area (Å²) in [6, 6.07) is 3.57. The molecule has 2 aromatic heterocycles. The highest BCUT2D eigenvalue weighted by Crippen LogP contribution is 2.15. The zero-order valence-electron chi connectivity index (χ0n) is 14.4. The van der Waals surface area contributed by atoms with Crippen molar-refractivity contribution in [2.75, 3.05) is 43.1 Å². The Labute approximate surface area is 147 Å². The highest BCUT2D eigenvalue weighted by molar-refractivity contribution is 5.89. The van der Waals surface area contributed by atoms with E-state index in [9.17, 15) is 4.79 Å². The number of aromatic amines is 1. The van der Waals surface area contributed by atoms with Crippen molar-refractivity contribution < 1.29 is 9.53 Å². The number of morpholine rings is 1. The second-order valence-electron chi connectivity index (χ2n) is 6.01. The lowest BCUT2D eigenvalue weighted by Gasteiger charge is -2.27. The van der Waals surface area contributed by atoms with Gasteiger partial charge in [0.05, 0.1) is 31.3 Å². The molecule has 3 rings (SSSR count). The lowest BCUT2D eigenvalue weighted by Crippen LogP contribution is -2.36. The molecule has 1 saturated heterocycles. The first-order valence-electron chi connectivity index (χ1n) is 8.55. The molecule has 2 amide bonds. The highest BCUT2D eigenvalue weighted by atomic mass is 16.5. The van der Waals surface area contributed by atoms with Crippen LogP contribution in [0.5, 0.6) is 0 Å². The zero-order valence-corrected chi connectivity index (χ0v) is 14.4. The van der Waals surface area contributed by atoms with Gasteiger partial charge in [0, 0.05) is 25.3 Å². The fraction of sp³-hybridized carbons (Fsp3) is 0.471. The molecule has 0 radical (unpaired) electrons. The lowest BCUT2D eigenvalue weighted by molar-refractivity contribution is 0.122. The van der Waals surface area contributed by atoms with Crippen molar-refractivity contribution in [3.8, 4) is 0 Å². The van der Waals surface area contributed by atoms with Crippen LogP contribution in [0.3, 0.4) is 0 Å². The van der Waals surface area contributed by atoms with Crippen molar-refractivity contribution in [3.63, 3.8) is 0 Å². The van der Waals surface area contributed by atoms with Crippen LogP contribution in [-0.2, 0) is 11.2 Å². The first-order chi connectivity index (χ1) is 12.2. The Morgan fingerprint density at radius 3 is 2.84 bits per heavy atom. The predicted octanol–water partition coefficient (Wildman–Crippen LogP) is 1.70. The van der Waals surface area contributed by atoms with E-state index >= 15 is 0 Å². The number of H-pyrrole nitrogens is 1. The molecular formula is C17H24N6O2. The quantitative estimate of drug-likeness (QED) is 0.693. The Hall–Kier alpha value is -2.61. The number of hydrogen-bond acceptors (Lipinski definition) is 5. The van der Waals surface area contributed by atoms with Gasteiger partial charge in [-0.15, -0.1) is 0 Å². The fourth-order valence-corrected chi connectivity index (χ4v) is 2.72. The van der Waals surface area contributed by atoms with Crippen molar-refractivity contribution in [1.29, 1.82) is 0 Å². The summed E-state index contributed by atoms with van der Waals surface area (Å²) in [5.74, 6) is 0.907. The maximum atomic E-state index is 11.9. The fourth-order valence-electron chi connectivity index (χ4n) is 2.72. The Balaban J connectivity index is 1.39. The van der Waals surface area contributed by atoms with E-state index in [-0.39, 0.29) is 6.03 Å². The van der Waals surface area contributed by atoms with Crippen molar-refractivity contribution in [3.05, 3.63) is 35.8 Å². The van der Waals surface area contributed by atoms with Gasteiger partial charge >= 0.3 is 6.03 Å². The molecule has 0 unspecified atom stereocenters. The Kier molecular flexibility index (Phi) is 5.84. The lowest BCUT2D eigenvalue weighted by atomic mass is 10.1. The van der Waals surface area contributed by atoms with Gasteiger partial charge in [0.2, 0.25) is 0 Å². The summed E-state index contributed by atoms with van der Waals surface area (Å²) in [6.45, 7) is 5.74. The highest BCUT2D eigenvalue weighted by Gasteiger charge is 2.12. The first kappa shape index (κ1) is 17.2. The molecule has 0 bridgehead atoms. The van der Waals surface area contributed by atoms with E-state index in [0.29, 0.717) is 12.2 Å². The van der Waals surface area contributed by atoms with E-state index in [1.54, 1.807) is 6.20 Å². The van der Waals surface area contributed by atoms with Gasteiger partial charge in [0.25, 0.3) is 0 Å². The predicted molar refractivity (Wildman–Crippen MR) is 95.9 cm³/mol. The summed E-state index contributed by atoms with van der Waals surface area (Å²) in [4.78, 5) is 18.5. The second kappa shape index (κ2) is 8.48. The summed E-state index contributed by atoms with van der Waals surface area (Å²) in [5.41, 5.74) is 2.95. The van der Waals surface area contributed by atoms with Crippen LogP contribution in [0.1, 0.15) is 17.7 Å². The molecule has 0 aliphatic carbocycles. The molecule has 1 aliphatic heterocycles. The Bertz CT molecular complexity index is 679. The molecule has 134 valence electrons. The normalized spacial score (nSPS) is 14.4. The summed E-state index contributed by atoms with van der Waals surface area (Å²) in [7, 11) is 0. The van der Waals surface area contributed by atoms with Crippen LogP contribution in [0.2, 0.25) is 0 Å². The summed E-state index contributed by atoms with van der Waals surface area (Å²) in [5, 5.41) is 12.6. The van der Waals surface area contributed by atoms with E-state index in [2.05, 4.69) is 30.7 Å². The topological polar surface area (TPSA) is 95.2 Å². The number of pyridine rings is 1. The largest absolute Gasteiger partial charge is 0.378 e. The van der Waals surface area contributed by atoms with Gasteiger partial charge < -0.3 is 20.3 Å². The number of ether oxygens (including phenoxy) is 1. The molecule has 25 heavy (non-hydrogen) atoms. The maximum absolute atomic E-state index is 11.9. The minimum Gasteiger partial charge on any atom is -0.378 e. The molecule has 3 heterocycles. The van der Waals surface area contributed by atoms with E-state index in [1.807, 2.05) is 25.3 Å². The monoisotopic (exact) mass is 344 g/mol. The van der Waals surface area contributed by atoms with Gasteiger partial charge in [-0.1, -0.05) is 0 Å². The molecule has 8 nitrogen and oxygen atoms in total. The third-order valence-corrected chi connectivity index (χ3v) is 4.18. The number of nitrogens with zero attached hydrogens (tertiary/aromatic N) is 3. The van der Waals surface area contributed by atoms with E-state index in [0.717, 1.165) is 50.7 Å². The van der Waals surface area contributed by atoms with Crippen LogP contribution < -0.4 is 15.5 Å². The number of anilines is 2. The zero-order chi connectivity index (χ0) is 17.5. The average Bonchev–Trinajstić information content (AvgIpc) is 3.05. The van der Waals surface area contributed by atoms with Gasteiger partial charge in [-0.25, -0.2) is 9.78 Å². The van der Waals surface area contributed by atoms with Crippen molar-refractivity contribution in [2.24, 2.45) is 0 Å². The van der Waals surface area contributed by atoms with Crippen LogP contribution in [0.4, 0.5) is 16.3 Å². The van der Waals surface area contributed by atoms with Crippen LogP contribution in [0.25, 0.3) is 0 Å². The number of urea groups is 1. The van der Waals surface area contributed by atoms with Crippen molar-refractivity contribution >= 4 is 17.5 Å². The average molecular weight is 344 g/mol. The first-order valence-corrected chi connectivity index (χ1v) is 8.55. The number of amides is 2. The number of hydrogen-bond donors (Lipinski definition) is 3. The van der Waals surface area contributed by atoms with E-state index in [4.69, 9.17) is 4.74 Å². The minimum absolute atomic E-state index is 0.218.